The second-order valence-corrected chi connectivity index (χ2v) is 16.4. The summed E-state index contributed by atoms with van der Waals surface area (Å²) in [7, 11) is 0. The van der Waals surface area contributed by atoms with Crippen LogP contribution in [-0.2, 0) is 22.6 Å². The number of carbonyl (C=O) groups is 4. The number of carbonyl (C=O) groups excluding carboxylic acids is 4. The molecule has 1 aliphatic carbocycles. The number of imide groups is 1. The molecule has 0 spiro atoms. The van der Waals surface area contributed by atoms with Crippen LogP contribution in [0.1, 0.15) is 76.1 Å². The molecular weight excluding hydrogens is 759 g/mol. The van der Waals surface area contributed by atoms with Gasteiger partial charge in [0.05, 0.1) is 0 Å². The topological polar surface area (TPSA) is 168 Å². The number of pyridine rings is 1. The number of anilines is 6. The summed E-state index contributed by atoms with van der Waals surface area (Å²) in [4.78, 5) is 73.3. The Balaban J connectivity index is 0.762. The van der Waals surface area contributed by atoms with Crippen molar-refractivity contribution in [1.82, 2.24) is 35.4 Å². The van der Waals surface area contributed by atoms with Gasteiger partial charge in [-0.15, -0.1) is 6.58 Å². The smallest absolute Gasteiger partial charge is 0.256 e. The number of piperidine rings is 1. The van der Waals surface area contributed by atoms with E-state index in [0.717, 1.165) is 87.7 Å². The van der Waals surface area contributed by atoms with Gasteiger partial charge in [0.15, 0.2) is 0 Å². The van der Waals surface area contributed by atoms with Gasteiger partial charge in [0, 0.05) is 112 Å². The van der Waals surface area contributed by atoms with Gasteiger partial charge in [-0.25, -0.2) is 9.97 Å². The number of fused-ring (bicyclic) bond motifs is 2. The summed E-state index contributed by atoms with van der Waals surface area (Å²) < 4.78 is 0. The quantitative estimate of drug-likeness (QED) is 0.108. The number of nitrogens with zero attached hydrogens (tertiary/aromatic N) is 7. The molecule has 2 aromatic carbocycles. The summed E-state index contributed by atoms with van der Waals surface area (Å²) in [5.74, 6) is 1.31. The first-order valence-electron chi connectivity index (χ1n) is 21.1. The second-order valence-electron chi connectivity index (χ2n) is 16.4. The van der Waals surface area contributed by atoms with Gasteiger partial charge >= 0.3 is 0 Å². The number of rotatable bonds is 13. The number of amides is 4. The van der Waals surface area contributed by atoms with E-state index in [1.807, 2.05) is 30.3 Å². The van der Waals surface area contributed by atoms with Crippen molar-refractivity contribution < 1.29 is 19.2 Å². The van der Waals surface area contributed by atoms with Gasteiger partial charge in [0.25, 0.3) is 11.8 Å². The molecular formula is C45H51N11O4. The molecule has 2 aromatic heterocycles. The van der Waals surface area contributed by atoms with Gasteiger partial charge in [-0.05, 0) is 85.3 Å². The van der Waals surface area contributed by atoms with Crippen LogP contribution in [0.4, 0.5) is 34.6 Å². The summed E-state index contributed by atoms with van der Waals surface area (Å²) in [6.45, 7) is 13.4. The van der Waals surface area contributed by atoms with Gasteiger partial charge < -0.3 is 30.7 Å². The molecule has 2 unspecified atom stereocenters. The highest BCUT2D eigenvalue weighted by atomic mass is 16.2. The molecule has 0 radical (unpaired) electrons. The normalized spacial score (nSPS) is 20.4. The summed E-state index contributed by atoms with van der Waals surface area (Å²) >= 11 is 0. The van der Waals surface area contributed by atoms with E-state index in [1.54, 1.807) is 11.0 Å². The lowest BCUT2D eigenvalue weighted by Gasteiger charge is -2.45. The second kappa shape index (κ2) is 16.7. The van der Waals surface area contributed by atoms with Crippen LogP contribution in [-0.4, -0.2) is 107 Å². The van der Waals surface area contributed by atoms with E-state index in [0.29, 0.717) is 60.1 Å². The molecule has 6 heterocycles. The van der Waals surface area contributed by atoms with E-state index >= 15 is 0 Å². The maximum Gasteiger partial charge on any atom is 0.256 e. The van der Waals surface area contributed by atoms with Crippen LogP contribution >= 0.6 is 0 Å². The SMILES string of the molecule is C=CCNC(=O)c1cnc(Nc2ccc(N3CC(CN4CCN(c5ccc6c(c5)CN(C5CCC(=O)NC5=O)C6=O)CC4)C3)cc2)nc1Nc1ccc2c(n1)C(CC)CC2. The first kappa shape index (κ1) is 39.1. The number of benzene rings is 2. The monoisotopic (exact) mass is 809 g/mol. The van der Waals surface area contributed by atoms with Gasteiger partial charge in [0.2, 0.25) is 17.8 Å². The molecule has 15 heteroatoms. The lowest BCUT2D eigenvalue weighted by atomic mass is 9.98. The molecule has 60 heavy (non-hydrogen) atoms. The van der Waals surface area contributed by atoms with E-state index in [2.05, 4.69) is 78.7 Å². The van der Waals surface area contributed by atoms with E-state index in [1.165, 1.54) is 17.4 Å². The molecule has 0 saturated carbocycles. The van der Waals surface area contributed by atoms with E-state index in [9.17, 15) is 19.2 Å². The number of aryl methyl sites for hydroxylation is 1. The third kappa shape index (κ3) is 8.01. The lowest BCUT2D eigenvalue weighted by Crippen LogP contribution is -2.55. The number of aromatic nitrogens is 3. The molecule has 5 aliphatic rings. The van der Waals surface area contributed by atoms with Crippen LogP contribution in [0.5, 0.6) is 0 Å². The predicted molar refractivity (Wildman–Crippen MR) is 230 cm³/mol. The average molecular weight is 810 g/mol. The van der Waals surface area contributed by atoms with Crippen LogP contribution < -0.4 is 31.1 Å². The Bertz CT molecular complexity index is 2320. The number of piperazine rings is 1. The Kier molecular flexibility index (Phi) is 10.9. The molecule has 4 amide bonds. The van der Waals surface area contributed by atoms with E-state index in [-0.39, 0.29) is 30.0 Å². The molecule has 3 fully saturated rings. The number of nitrogens with one attached hydrogen (secondary N) is 4. The zero-order valence-electron chi connectivity index (χ0n) is 34.0. The van der Waals surface area contributed by atoms with Crippen molar-refractivity contribution in [2.75, 3.05) is 72.8 Å². The van der Waals surface area contributed by atoms with Crippen LogP contribution in [0, 0.1) is 5.92 Å². The maximum atomic E-state index is 13.1. The molecule has 9 rings (SSSR count). The molecule has 2 atom stereocenters. The highest BCUT2D eigenvalue weighted by Gasteiger charge is 2.39. The van der Waals surface area contributed by atoms with Gasteiger partial charge in [0.1, 0.15) is 23.2 Å². The van der Waals surface area contributed by atoms with Crippen molar-refractivity contribution in [3.05, 3.63) is 101 Å². The Hall–Kier alpha value is -6.35. The Morgan fingerprint density at radius 1 is 0.900 bits per heavy atom. The standard InChI is InChI=1S/C45H51N11O4/c1-3-17-46-42(58)36-23-47-45(52-41(36)50-38-15-7-30-6-5-29(4-2)40(30)49-38)48-32-8-10-33(11-9-32)55-25-28(26-55)24-53-18-20-54(21-19-53)34-12-13-35-31(22-34)27-56(44(35)60)37-14-16-39(57)51-43(37)59/h3,7-13,15,22-23,28-29,37H,1,4-6,14,16-21,24-27H2,2H3,(H,46,58)(H,51,57,59)(H2,47,48,49,50,52). The van der Waals surface area contributed by atoms with Crippen LogP contribution in [0.25, 0.3) is 0 Å². The number of hydrogen-bond donors (Lipinski definition) is 4. The van der Waals surface area contributed by atoms with Crippen molar-refractivity contribution >= 4 is 58.3 Å². The zero-order valence-corrected chi connectivity index (χ0v) is 34.0. The van der Waals surface area contributed by atoms with Crippen molar-refractivity contribution in [3.8, 4) is 0 Å². The minimum Gasteiger partial charge on any atom is -0.371 e. The van der Waals surface area contributed by atoms with Crippen LogP contribution in [0.2, 0.25) is 0 Å². The molecule has 310 valence electrons. The highest BCUT2D eigenvalue weighted by molar-refractivity contribution is 6.05. The fourth-order valence-corrected chi connectivity index (χ4v) is 9.18. The summed E-state index contributed by atoms with van der Waals surface area (Å²) in [6.07, 6.45) is 6.96. The van der Waals surface area contributed by atoms with Crippen LogP contribution in [0.3, 0.4) is 0 Å². The fraction of sp³-hybridized carbons (Fsp3) is 0.400. The van der Waals surface area contributed by atoms with Crippen molar-refractivity contribution in [1.29, 1.82) is 0 Å². The first-order chi connectivity index (χ1) is 29.2. The lowest BCUT2D eigenvalue weighted by molar-refractivity contribution is -0.136. The predicted octanol–water partition coefficient (Wildman–Crippen LogP) is 4.73. The van der Waals surface area contributed by atoms with Gasteiger partial charge in [-0.1, -0.05) is 19.1 Å². The molecule has 4 aliphatic heterocycles. The summed E-state index contributed by atoms with van der Waals surface area (Å²) in [5, 5.41) is 11.8. The zero-order chi connectivity index (χ0) is 41.3. The average Bonchev–Trinajstić information content (AvgIpc) is 3.81. The highest BCUT2D eigenvalue weighted by Crippen LogP contribution is 2.36. The minimum absolute atomic E-state index is 0.141. The first-order valence-corrected chi connectivity index (χ1v) is 21.1. The molecule has 15 nitrogen and oxygen atoms in total. The van der Waals surface area contributed by atoms with Crippen molar-refractivity contribution in [2.24, 2.45) is 5.92 Å². The summed E-state index contributed by atoms with van der Waals surface area (Å²) in [6, 6.07) is 17.7. The Morgan fingerprint density at radius 3 is 2.47 bits per heavy atom. The maximum absolute atomic E-state index is 13.1. The van der Waals surface area contributed by atoms with E-state index < -0.39 is 6.04 Å². The molecule has 4 aromatic rings. The van der Waals surface area contributed by atoms with Crippen molar-refractivity contribution in [3.63, 3.8) is 0 Å². The van der Waals surface area contributed by atoms with E-state index in [4.69, 9.17) is 9.97 Å². The molecule has 3 saturated heterocycles. The third-order valence-corrected chi connectivity index (χ3v) is 12.5. The van der Waals surface area contributed by atoms with Gasteiger partial charge in [-0.2, -0.15) is 4.98 Å². The third-order valence-electron chi connectivity index (χ3n) is 12.5. The summed E-state index contributed by atoms with van der Waals surface area (Å²) in [5.41, 5.74) is 7.41. The number of hydrogen-bond acceptors (Lipinski definition) is 12. The fourth-order valence-electron chi connectivity index (χ4n) is 9.18. The van der Waals surface area contributed by atoms with Crippen molar-refractivity contribution in [2.45, 2.75) is 57.5 Å². The van der Waals surface area contributed by atoms with Gasteiger partial charge in [-0.3, -0.25) is 29.4 Å². The largest absolute Gasteiger partial charge is 0.371 e. The Labute approximate surface area is 349 Å². The minimum atomic E-state index is -0.604. The Morgan fingerprint density at radius 2 is 1.70 bits per heavy atom. The van der Waals surface area contributed by atoms with Crippen LogP contribution in [0.15, 0.2) is 73.4 Å². The molecule has 4 N–H and O–H groups in total. The molecule has 0 bridgehead atoms.